The summed E-state index contributed by atoms with van der Waals surface area (Å²) in [5, 5.41) is 2.72. The van der Waals surface area contributed by atoms with E-state index in [-0.39, 0.29) is 0 Å². The number of benzene rings is 6. The molecular weight excluding hydrogens is 661 g/mol. The van der Waals surface area contributed by atoms with E-state index in [2.05, 4.69) is 199 Å². The van der Waals surface area contributed by atoms with E-state index >= 15 is 0 Å². The summed E-state index contributed by atoms with van der Waals surface area (Å²) in [6, 6.07) is 48.0. The summed E-state index contributed by atoms with van der Waals surface area (Å²) in [7, 11) is 0. The molecule has 0 saturated carbocycles. The Morgan fingerprint density at radius 1 is 0.491 bits per heavy atom. The topological polar surface area (TPSA) is 0 Å². The summed E-state index contributed by atoms with van der Waals surface area (Å²) in [5.41, 5.74) is 19.6. The number of rotatable bonds is 5. The van der Waals surface area contributed by atoms with E-state index in [0.717, 1.165) is 19.3 Å². The smallest absolute Gasteiger partial charge is 0.00577 e. The van der Waals surface area contributed by atoms with Crippen LogP contribution in [-0.4, -0.2) is 0 Å². The van der Waals surface area contributed by atoms with Crippen molar-refractivity contribution in [2.75, 3.05) is 0 Å². The van der Waals surface area contributed by atoms with E-state index in [1.165, 1.54) is 102 Å². The van der Waals surface area contributed by atoms with Gasteiger partial charge in [0.1, 0.15) is 0 Å². The van der Waals surface area contributed by atoms with Gasteiger partial charge in [0.05, 0.1) is 0 Å². The van der Waals surface area contributed by atoms with Gasteiger partial charge in [0, 0.05) is 0 Å². The predicted octanol–water partition coefficient (Wildman–Crippen LogP) is 15.9. The maximum absolute atomic E-state index is 2.33. The Morgan fingerprint density at radius 3 is 1.78 bits per heavy atom. The molecule has 6 aromatic rings. The Hall–Kier alpha value is -5.46. The van der Waals surface area contributed by atoms with Crippen LogP contribution in [0.3, 0.4) is 0 Å². The lowest BCUT2D eigenvalue weighted by Gasteiger charge is -2.16. The van der Waals surface area contributed by atoms with Gasteiger partial charge in [0.15, 0.2) is 0 Å². The third-order valence-electron chi connectivity index (χ3n) is 10.7. The third kappa shape index (κ3) is 11.1. The molecule has 0 unspecified atom stereocenters. The molecule has 0 spiro atoms. The number of allylic oxidation sites excluding steroid dienone is 8. The van der Waals surface area contributed by atoms with Crippen molar-refractivity contribution < 1.29 is 0 Å². The Bertz CT molecular complexity index is 2300. The van der Waals surface area contributed by atoms with Crippen LogP contribution in [-0.2, 0) is 6.42 Å². The van der Waals surface area contributed by atoms with E-state index in [4.69, 9.17) is 0 Å². The second-order valence-electron chi connectivity index (χ2n) is 14.7. The van der Waals surface area contributed by atoms with Crippen LogP contribution in [0.4, 0.5) is 0 Å². The van der Waals surface area contributed by atoms with Crippen molar-refractivity contribution in [2.45, 2.75) is 87.5 Å². The molecule has 0 bridgehead atoms. The minimum absolute atomic E-state index is 1.05. The first-order chi connectivity index (χ1) is 26.8. The quantitative estimate of drug-likeness (QED) is 0.166. The van der Waals surface area contributed by atoms with Crippen LogP contribution in [0.15, 0.2) is 169 Å². The molecule has 2 aliphatic carbocycles. The molecular formula is C55H60. The highest BCUT2D eigenvalue weighted by Gasteiger charge is 2.11. The average Bonchev–Trinajstić information content (AvgIpc) is 3.22. The molecule has 0 radical (unpaired) electrons. The Labute approximate surface area is 332 Å². The Kier molecular flexibility index (Phi) is 15.0. The molecule has 2 aliphatic rings. The number of hydrogen-bond acceptors (Lipinski definition) is 0. The van der Waals surface area contributed by atoms with Crippen molar-refractivity contribution in [3.8, 4) is 11.1 Å². The monoisotopic (exact) mass is 720 g/mol. The predicted molar refractivity (Wildman–Crippen MR) is 244 cm³/mol. The maximum atomic E-state index is 2.33. The maximum Gasteiger partial charge on any atom is -0.00577 e. The molecule has 55 heavy (non-hydrogen) atoms. The molecule has 280 valence electrons. The van der Waals surface area contributed by atoms with Gasteiger partial charge in [-0.2, -0.15) is 0 Å². The van der Waals surface area contributed by atoms with Crippen LogP contribution in [0.25, 0.3) is 33.0 Å². The summed E-state index contributed by atoms with van der Waals surface area (Å²) in [5.74, 6) is 0. The van der Waals surface area contributed by atoms with Crippen LogP contribution in [0.2, 0.25) is 0 Å². The van der Waals surface area contributed by atoms with Crippen molar-refractivity contribution in [3.63, 3.8) is 0 Å². The van der Waals surface area contributed by atoms with Crippen LogP contribution < -0.4 is 0 Å². The van der Waals surface area contributed by atoms with Gasteiger partial charge in [-0.15, -0.1) is 0 Å². The van der Waals surface area contributed by atoms with Crippen LogP contribution in [0, 0.1) is 34.6 Å². The summed E-state index contributed by atoms with van der Waals surface area (Å²) in [6.45, 7) is 17.0. The first-order valence-corrected chi connectivity index (χ1v) is 20.2. The van der Waals surface area contributed by atoms with Crippen molar-refractivity contribution in [1.82, 2.24) is 0 Å². The minimum atomic E-state index is 1.05. The van der Waals surface area contributed by atoms with E-state index < -0.39 is 0 Å². The van der Waals surface area contributed by atoms with Crippen LogP contribution in [0.1, 0.15) is 91.0 Å². The molecule has 0 amide bonds. The zero-order chi connectivity index (χ0) is 39.2. The van der Waals surface area contributed by atoms with Crippen molar-refractivity contribution in [3.05, 3.63) is 213 Å². The fourth-order valence-electron chi connectivity index (χ4n) is 7.47. The van der Waals surface area contributed by atoms with Gasteiger partial charge in [0.2, 0.25) is 0 Å². The van der Waals surface area contributed by atoms with E-state index in [1.54, 1.807) is 0 Å². The lowest BCUT2D eigenvalue weighted by molar-refractivity contribution is 0.926. The molecule has 0 N–H and O–H groups in total. The van der Waals surface area contributed by atoms with Gasteiger partial charge in [-0.05, 0) is 146 Å². The standard InChI is InChI=1S/C24H22.C15H16.C14H16.C2H6/c1-18-9-13-20(14-10-18)21-15-11-19(12-16-21)17-23-7-4-6-22-5-2-3-8-24(22)23;1-11-8-9-13(3)15(10-11)14-7-5-4-6-12(14)2;1-11-7-3-5-9-13(11)14-10-6-4-8-12(14)2;1-2/h2-11,13-15H,12,16-17H2,1H3;4-10H,1-3H3;3-5,7-9H,6,10H2,1-2H3;1-2H3. The number of fused-ring (bicyclic) bond motifs is 1. The highest BCUT2D eigenvalue weighted by atomic mass is 14.2. The number of hydrogen-bond donors (Lipinski definition) is 0. The van der Waals surface area contributed by atoms with Gasteiger partial charge in [0.25, 0.3) is 0 Å². The zero-order valence-electron chi connectivity index (χ0n) is 34.5. The molecule has 0 fully saturated rings. The lowest BCUT2D eigenvalue weighted by Crippen LogP contribution is -1.98. The zero-order valence-corrected chi connectivity index (χ0v) is 34.5. The summed E-state index contributed by atoms with van der Waals surface area (Å²) in [6.07, 6.45) is 14.9. The van der Waals surface area contributed by atoms with Crippen molar-refractivity contribution in [1.29, 1.82) is 0 Å². The average molecular weight is 721 g/mol. The van der Waals surface area contributed by atoms with Gasteiger partial charge in [-0.25, -0.2) is 0 Å². The van der Waals surface area contributed by atoms with Gasteiger partial charge < -0.3 is 0 Å². The summed E-state index contributed by atoms with van der Waals surface area (Å²) < 4.78 is 0. The molecule has 0 atom stereocenters. The van der Waals surface area contributed by atoms with Crippen molar-refractivity contribution in [2.24, 2.45) is 0 Å². The first kappa shape index (κ1) is 40.7. The van der Waals surface area contributed by atoms with Gasteiger partial charge >= 0.3 is 0 Å². The van der Waals surface area contributed by atoms with Crippen LogP contribution in [0.5, 0.6) is 0 Å². The Morgan fingerprint density at radius 2 is 1.11 bits per heavy atom. The number of aryl methyl sites for hydroxylation is 5. The van der Waals surface area contributed by atoms with E-state index in [0.29, 0.717) is 0 Å². The fraction of sp³-hybridized carbons (Fsp3) is 0.236. The molecule has 0 heteroatoms. The SMILES string of the molecule is CC.CC1=C(c2ccccc2C)CCC=C1.Cc1ccc(C)c(-c2ccccc2C)c1.Cc1ccc(C2=CC=C(Cc3cccc4ccccc34)CC2)cc1. The highest BCUT2D eigenvalue weighted by molar-refractivity contribution is 5.86. The van der Waals surface area contributed by atoms with E-state index in [1.807, 2.05) is 13.8 Å². The Balaban J connectivity index is 0.000000163. The molecule has 0 heterocycles. The molecule has 0 aromatic heterocycles. The fourth-order valence-corrected chi connectivity index (χ4v) is 7.47. The summed E-state index contributed by atoms with van der Waals surface area (Å²) >= 11 is 0. The lowest BCUT2D eigenvalue weighted by atomic mass is 9.89. The van der Waals surface area contributed by atoms with Crippen LogP contribution >= 0.6 is 0 Å². The molecule has 0 nitrogen and oxygen atoms in total. The second kappa shape index (κ2) is 20.3. The molecule has 0 saturated heterocycles. The highest BCUT2D eigenvalue weighted by Crippen LogP contribution is 2.32. The molecule has 0 aliphatic heterocycles. The summed E-state index contributed by atoms with van der Waals surface area (Å²) in [4.78, 5) is 0. The van der Waals surface area contributed by atoms with Crippen molar-refractivity contribution >= 4 is 21.9 Å². The largest absolute Gasteiger partial charge is 0.0839 e. The second-order valence-corrected chi connectivity index (χ2v) is 14.7. The van der Waals surface area contributed by atoms with E-state index in [9.17, 15) is 0 Å². The van der Waals surface area contributed by atoms with Gasteiger partial charge in [-0.3, -0.25) is 0 Å². The third-order valence-corrected chi connectivity index (χ3v) is 10.7. The molecule has 8 rings (SSSR count). The normalized spacial score (nSPS) is 13.3. The van der Waals surface area contributed by atoms with Gasteiger partial charge in [-0.1, -0.05) is 188 Å². The first-order valence-electron chi connectivity index (χ1n) is 20.2. The molecule has 6 aromatic carbocycles. The minimum Gasteiger partial charge on any atom is -0.0839 e.